The van der Waals surface area contributed by atoms with Crippen molar-refractivity contribution in [3.05, 3.63) is 29.3 Å². The van der Waals surface area contributed by atoms with Crippen LogP contribution in [0.1, 0.15) is 31.4 Å². The minimum absolute atomic E-state index is 0.229. The summed E-state index contributed by atoms with van der Waals surface area (Å²) in [5.41, 5.74) is 2.14. The summed E-state index contributed by atoms with van der Waals surface area (Å²) < 4.78 is 27.8. The van der Waals surface area contributed by atoms with Crippen LogP contribution in [0.3, 0.4) is 0 Å². The fourth-order valence-electron chi connectivity index (χ4n) is 3.54. The molecule has 0 amide bonds. The van der Waals surface area contributed by atoms with Crippen LogP contribution >= 0.6 is 0 Å². The molecule has 1 heterocycles. The first-order chi connectivity index (χ1) is 11.6. The van der Waals surface area contributed by atoms with Crippen molar-refractivity contribution in [1.29, 1.82) is 0 Å². The number of hydrogen-bond donors (Lipinski definition) is 0. The maximum Gasteiger partial charge on any atom is 0.243 e. The van der Waals surface area contributed by atoms with Crippen LogP contribution in [0.5, 0.6) is 0 Å². The summed E-state index contributed by atoms with van der Waals surface area (Å²) in [6.45, 7) is 11.4. The average Bonchev–Trinajstić information content (AvgIpc) is 2.52. The second-order valence-corrected chi connectivity index (χ2v) is 9.60. The first-order valence-electron chi connectivity index (χ1n) is 9.10. The highest BCUT2D eigenvalue weighted by atomic mass is 32.2. The van der Waals surface area contributed by atoms with Crippen molar-refractivity contribution in [2.45, 2.75) is 51.1 Å². The fraction of sp³-hybridized carbons (Fsp3) is 0.684. The summed E-state index contributed by atoms with van der Waals surface area (Å²) in [6.07, 6.45) is 1.10. The van der Waals surface area contributed by atoms with Crippen molar-refractivity contribution in [3.8, 4) is 0 Å². The van der Waals surface area contributed by atoms with Gasteiger partial charge in [-0.2, -0.15) is 4.31 Å². The number of rotatable bonds is 6. The molecule has 0 saturated carbocycles. The SMILES string of the molecule is Cc1ccc(S(=O)(=O)N2CC(C)N(CCCN(C)C)C(C)C2)cc1C. The second-order valence-electron chi connectivity index (χ2n) is 7.66. The number of piperazine rings is 1. The van der Waals surface area contributed by atoms with Gasteiger partial charge >= 0.3 is 0 Å². The monoisotopic (exact) mass is 367 g/mol. The number of nitrogens with zero attached hydrogens (tertiary/aromatic N) is 3. The topological polar surface area (TPSA) is 43.9 Å². The van der Waals surface area contributed by atoms with Crippen LogP contribution in [0.15, 0.2) is 23.1 Å². The van der Waals surface area contributed by atoms with E-state index in [9.17, 15) is 8.42 Å². The van der Waals surface area contributed by atoms with Crippen LogP contribution in [-0.2, 0) is 10.0 Å². The lowest BCUT2D eigenvalue weighted by molar-refractivity contribution is 0.0740. The Balaban J connectivity index is 2.10. The van der Waals surface area contributed by atoms with Gasteiger partial charge in [0.05, 0.1) is 4.90 Å². The van der Waals surface area contributed by atoms with Gasteiger partial charge in [0.25, 0.3) is 0 Å². The Morgan fingerprint density at radius 3 is 2.20 bits per heavy atom. The van der Waals surface area contributed by atoms with Crippen molar-refractivity contribution >= 4 is 10.0 Å². The zero-order valence-corrected chi connectivity index (χ0v) is 17.3. The van der Waals surface area contributed by atoms with Crippen molar-refractivity contribution < 1.29 is 8.42 Å². The van der Waals surface area contributed by atoms with E-state index in [1.807, 2.05) is 19.9 Å². The van der Waals surface area contributed by atoms with Crippen LogP contribution < -0.4 is 0 Å². The standard InChI is InChI=1S/C19H33N3O2S/c1-15-8-9-19(12-16(15)2)25(23,24)21-13-17(3)22(18(4)14-21)11-7-10-20(5)6/h8-9,12,17-18H,7,10-11,13-14H2,1-6H3. The molecular weight excluding hydrogens is 334 g/mol. The highest BCUT2D eigenvalue weighted by Gasteiger charge is 2.35. The summed E-state index contributed by atoms with van der Waals surface area (Å²) in [6, 6.07) is 5.88. The van der Waals surface area contributed by atoms with Crippen LogP contribution in [-0.4, -0.2) is 74.9 Å². The first kappa shape index (κ1) is 20.4. The van der Waals surface area contributed by atoms with Gasteiger partial charge in [0.2, 0.25) is 10.0 Å². The predicted molar refractivity (Wildman–Crippen MR) is 103 cm³/mol. The summed E-state index contributed by atoms with van der Waals surface area (Å²) in [5.74, 6) is 0. The van der Waals surface area contributed by atoms with E-state index < -0.39 is 10.0 Å². The lowest BCUT2D eigenvalue weighted by Gasteiger charge is -2.44. The van der Waals surface area contributed by atoms with E-state index in [-0.39, 0.29) is 12.1 Å². The molecule has 2 rings (SSSR count). The van der Waals surface area contributed by atoms with Gasteiger partial charge in [0.1, 0.15) is 0 Å². The minimum Gasteiger partial charge on any atom is -0.309 e. The fourth-order valence-corrected chi connectivity index (χ4v) is 5.23. The molecule has 1 aromatic carbocycles. The second kappa shape index (κ2) is 8.16. The molecule has 1 aromatic rings. The summed E-state index contributed by atoms with van der Waals surface area (Å²) in [7, 11) is 0.742. The highest BCUT2D eigenvalue weighted by molar-refractivity contribution is 7.89. The van der Waals surface area contributed by atoms with E-state index in [0.29, 0.717) is 18.0 Å². The number of benzene rings is 1. The van der Waals surface area contributed by atoms with Gasteiger partial charge < -0.3 is 4.90 Å². The van der Waals surface area contributed by atoms with Gasteiger partial charge in [-0.3, -0.25) is 4.90 Å². The molecule has 2 unspecified atom stereocenters. The molecule has 1 fully saturated rings. The molecule has 0 spiro atoms. The molecule has 1 saturated heterocycles. The molecule has 0 N–H and O–H groups in total. The lowest BCUT2D eigenvalue weighted by atomic mass is 10.1. The molecular formula is C19H33N3O2S. The Morgan fingerprint density at radius 2 is 1.68 bits per heavy atom. The first-order valence-corrected chi connectivity index (χ1v) is 10.5. The third-order valence-electron chi connectivity index (χ3n) is 5.21. The molecule has 0 bridgehead atoms. The van der Waals surface area contributed by atoms with E-state index >= 15 is 0 Å². The lowest BCUT2D eigenvalue weighted by Crippen LogP contribution is -2.58. The zero-order chi connectivity index (χ0) is 18.8. The quantitative estimate of drug-likeness (QED) is 0.774. The number of sulfonamides is 1. The predicted octanol–water partition coefficient (Wildman–Crippen LogP) is 2.34. The van der Waals surface area contributed by atoms with Crippen LogP contribution in [0, 0.1) is 13.8 Å². The van der Waals surface area contributed by atoms with Crippen molar-refractivity contribution in [3.63, 3.8) is 0 Å². The molecule has 6 heteroatoms. The minimum atomic E-state index is -3.43. The highest BCUT2D eigenvalue weighted by Crippen LogP contribution is 2.24. The molecule has 1 aliphatic heterocycles. The van der Waals surface area contributed by atoms with Gasteiger partial charge in [-0.05, 0) is 78.0 Å². The molecule has 5 nitrogen and oxygen atoms in total. The molecule has 0 radical (unpaired) electrons. The Bertz CT molecular complexity index is 676. The Kier molecular flexibility index (Phi) is 6.65. The Labute approximate surface area is 153 Å². The van der Waals surface area contributed by atoms with E-state index in [1.165, 1.54) is 0 Å². The third kappa shape index (κ3) is 4.82. The maximum atomic E-state index is 13.1. The maximum absolute atomic E-state index is 13.1. The average molecular weight is 368 g/mol. The van der Waals surface area contributed by atoms with Crippen molar-refractivity contribution in [2.24, 2.45) is 0 Å². The smallest absolute Gasteiger partial charge is 0.243 e. The third-order valence-corrected chi connectivity index (χ3v) is 7.03. The van der Waals surface area contributed by atoms with E-state index in [0.717, 1.165) is 30.6 Å². The summed E-state index contributed by atoms with van der Waals surface area (Å²) in [5, 5.41) is 0. The van der Waals surface area contributed by atoms with E-state index in [2.05, 4.69) is 37.7 Å². The van der Waals surface area contributed by atoms with E-state index in [4.69, 9.17) is 0 Å². The van der Waals surface area contributed by atoms with Crippen molar-refractivity contribution in [1.82, 2.24) is 14.1 Å². The van der Waals surface area contributed by atoms with Gasteiger partial charge in [0, 0.05) is 31.7 Å². The Hall–Kier alpha value is -0.950. The molecule has 1 aliphatic rings. The van der Waals surface area contributed by atoms with Gasteiger partial charge in [0.15, 0.2) is 0 Å². The van der Waals surface area contributed by atoms with Gasteiger partial charge in [-0.1, -0.05) is 6.07 Å². The zero-order valence-electron chi connectivity index (χ0n) is 16.5. The molecule has 142 valence electrons. The molecule has 0 aromatic heterocycles. The van der Waals surface area contributed by atoms with E-state index in [1.54, 1.807) is 16.4 Å². The summed E-state index contributed by atoms with van der Waals surface area (Å²) in [4.78, 5) is 5.04. The Morgan fingerprint density at radius 1 is 1.08 bits per heavy atom. The molecule has 25 heavy (non-hydrogen) atoms. The summed E-state index contributed by atoms with van der Waals surface area (Å²) >= 11 is 0. The molecule has 0 aliphatic carbocycles. The normalized spacial score (nSPS) is 23.3. The van der Waals surface area contributed by atoms with Crippen LogP contribution in [0.4, 0.5) is 0 Å². The van der Waals surface area contributed by atoms with Crippen LogP contribution in [0.25, 0.3) is 0 Å². The van der Waals surface area contributed by atoms with Crippen molar-refractivity contribution in [2.75, 3.05) is 40.3 Å². The largest absolute Gasteiger partial charge is 0.309 e. The van der Waals surface area contributed by atoms with Crippen LogP contribution in [0.2, 0.25) is 0 Å². The number of hydrogen-bond acceptors (Lipinski definition) is 4. The van der Waals surface area contributed by atoms with Gasteiger partial charge in [-0.15, -0.1) is 0 Å². The van der Waals surface area contributed by atoms with Gasteiger partial charge in [-0.25, -0.2) is 8.42 Å². The molecule has 2 atom stereocenters. The number of aryl methyl sites for hydroxylation is 2.